The molecule has 6 nitrogen and oxygen atoms in total. The third kappa shape index (κ3) is 3.01. The Labute approximate surface area is 166 Å². The molecular formula is C21H26N2O4S. The first-order valence-corrected chi connectivity index (χ1v) is 11.6. The van der Waals surface area contributed by atoms with Crippen LogP contribution in [0.4, 0.5) is 0 Å². The average molecular weight is 403 g/mol. The van der Waals surface area contributed by atoms with E-state index >= 15 is 0 Å². The van der Waals surface area contributed by atoms with E-state index < -0.39 is 15.8 Å². The third-order valence-electron chi connectivity index (χ3n) is 6.09. The number of ketones is 2. The molecule has 28 heavy (non-hydrogen) atoms. The van der Waals surface area contributed by atoms with Crippen molar-refractivity contribution in [2.75, 3.05) is 19.6 Å². The number of Topliss-reactive ketones (excluding diaryl/α,β-unsaturated/α-hetero) is 2. The van der Waals surface area contributed by atoms with E-state index in [1.54, 1.807) is 29.2 Å². The highest BCUT2D eigenvalue weighted by atomic mass is 32.2. The highest BCUT2D eigenvalue weighted by Crippen LogP contribution is 2.36. The van der Waals surface area contributed by atoms with Gasteiger partial charge in [-0.05, 0) is 32.1 Å². The van der Waals surface area contributed by atoms with Crippen LogP contribution in [0.25, 0.3) is 0 Å². The van der Waals surface area contributed by atoms with Gasteiger partial charge in [-0.15, -0.1) is 0 Å². The normalized spacial score (nSPS) is 24.0. The maximum atomic E-state index is 13.7. The number of carbonyl (C=O) groups is 2. The second-order valence-electron chi connectivity index (χ2n) is 7.75. The number of nitrogens with zero attached hydrogens (tertiary/aromatic N) is 2. The monoisotopic (exact) mass is 402 g/mol. The van der Waals surface area contributed by atoms with Gasteiger partial charge in [0.15, 0.2) is 4.91 Å². The van der Waals surface area contributed by atoms with Crippen LogP contribution in [0.3, 0.4) is 0 Å². The van der Waals surface area contributed by atoms with E-state index in [1.807, 2.05) is 6.92 Å². The van der Waals surface area contributed by atoms with E-state index in [0.29, 0.717) is 31.6 Å². The number of likely N-dealkylation sites (tertiary alicyclic amines) is 1. The van der Waals surface area contributed by atoms with Gasteiger partial charge in [-0.1, -0.05) is 37.6 Å². The first-order valence-electron chi connectivity index (χ1n) is 10.2. The maximum absolute atomic E-state index is 13.7. The summed E-state index contributed by atoms with van der Waals surface area (Å²) >= 11 is 0. The molecule has 0 N–H and O–H groups in total. The summed E-state index contributed by atoms with van der Waals surface area (Å²) in [5, 5.41) is 0. The molecule has 1 aromatic carbocycles. The quantitative estimate of drug-likeness (QED) is 0.774. The van der Waals surface area contributed by atoms with Crippen LogP contribution in [-0.2, 0) is 10.0 Å². The molecule has 1 atom stereocenters. The molecule has 2 aliphatic heterocycles. The smallest absolute Gasteiger partial charge is 0.249 e. The Balaban J connectivity index is 1.90. The van der Waals surface area contributed by atoms with Gasteiger partial charge in [0.25, 0.3) is 0 Å². The number of carbonyl (C=O) groups excluding carboxylic acids is 2. The fourth-order valence-electron chi connectivity index (χ4n) is 4.62. The van der Waals surface area contributed by atoms with Crippen molar-refractivity contribution in [2.45, 2.75) is 51.5 Å². The van der Waals surface area contributed by atoms with E-state index in [4.69, 9.17) is 0 Å². The lowest BCUT2D eigenvalue weighted by Crippen LogP contribution is -2.47. The third-order valence-corrected chi connectivity index (χ3v) is 8.08. The molecule has 1 aromatic rings. The van der Waals surface area contributed by atoms with Crippen LogP contribution < -0.4 is 0 Å². The summed E-state index contributed by atoms with van der Waals surface area (Å²) in [6.45, 7) is 3.58. The second-order valence-corrected chi connectivity index (χ2v) is 9.58. The van der Waals surface area contributed by atoms with Crippen LogP contribution in [0, 0.1) is 0 Å². The first kappa shape index (κ1) is 19.3. The Morgan fingerprint density at radius 3 is 2.18 bits per heavy atom. The highest BCUT2D eigenvalue weighted by molar-refractivity contribution is 7.94. The van der Waals surface area contributed by atoms with Crippen LogP contribution in [0.5, 0.6) is 0 Å². The number of sulfonamides is 1. The zero-order chi connectivity index (χ0) is 19.9. The van der Waals surface area contributed by atoms with Gasteiger partial charge in [-0.3, -0.25) is 9.59 Å². The van der Waals surface area contributed by atoms with Gasteiger partial charge in [0, 0.05) is 36.8 Å². The van der Waals surface area contributed by atoms with Crippen molar-refractivity contribution in [2.24, 2.45) is 0 Å². The fraction of sp³-hybridized carbons (Fsp3) is 0.524. The summed E-state index contributed by atoms with van der Waals surface area (Å²) in [5.74, 6) is -0.891. The summed E-state index contributed by atoms with van der Waals surface area (Å²) in [4.78, 5) is 28.2. The molecule has 0 amide bonds. The Morgan fingerprint density at radius 2 is 1.54 bits per heavy atom. The van der Waals surface area contributed by atoms with E-state index in [-0.39, 0.29) is 28.0 Å². The topological polar surface area (TPSA) is 74.8 Å². The van der Waals surface area contributed by atoms with Crippen molar-refractivity contribution in [1.82, 2.24) is 9.21 Å². The van der Waals surface area contributed by atoms with E-state index in [9.17, 15) is 18.0 Å². The minimum Gasteiger partial charge on any atom is -0.367 e. The molecule has 2 heterocycles. The molecular weight excluding hydrogens is 376 g/mol. The molecule has 0 aromatic heterocycles. The summed E-state index contributed by atoms with van der Waals surface area (Å²) in [6, 6.07) is 6.43. The highest BCUT2D eigenvalue weighted by Gasteiger charge is 2.45. The van der Waals surface area contributed by atoms with Crippen LogP contribution in [0.2, 0.25) is 0 Å². The Kier molecular flexibility index (Phi) is 5.14. The maximum Gasteiger partial charge on any atom is 0.249 e. The summed E-state index contributed by atoms with van der Waals surface area (Å²) in [7, 11) is -4.06. The molecule has 1 unspecified atom stereocenters. The number of allylic oxidation sites excluding steroid dienone is 2. The number of rotatable bonds is 4. The van der Waals surface area contributed by atoms with Crippen molar-refractivity contribution < 1.29 is 18.0 Å². The number of fused-ring (bicyclic) bond motifs is 1. The molecule has 0 spiro atoms. The number of piperidine rings is 1. The van der Waals surface area contributed by atoms with Crippen LogP contribution >= 0.6 is 0 Å². The zero-order valence-corrected chi connectivity index (χ0v) is 17.0. The molecule has 2 saturated heterocycles. The second kappa shape index (κ2) is 7.44. The Bertz CT molecular complexity index is 945. The lowest BCUT2D eigenvalue weighted by Gasteiger charge is -2.36. The summed E-state index contributed by atoms with van der Waals surface area (Å²) < 4.78 is 28.9. The minimum atomic E-state index is -4.06. The number of hydrogen-bond acceptors (Lipinski definition) is 5. The van der Waals surface area contributed by atoms with Gasteiger partial charge in [0.1, 0.15) is 5.70 Å². The minimum absolute atomic E-state index is 0.0848. The molecule has 0 radical (unpaired) electrons. The first-order chi connectivity index (χ1) is 13.5. The van der Waals surface area contributed by atoms with Gasteiger partial charge in [-0.2, -0.15) is 4.31 Å². The lowest BCUT2D eigenvalue weighted by atomic mass is 9.92. The molecule has 0 saturated carbocycles. The van der Waals surface area contributed by atoms with Gasteiger partial charge >= 0.3 is 0 Å². The van der Waals surface area contributed by atoms with Crippen LogP contribution in [0.15, 0.2) is 34.9 Å². The predicted molar refractivity (Wildman–Crippen MR) is 106 cm³/mol. The average Bonchev–Trinajstić information content (AvgIpc) is 3.24. The molecule has 4 rings (SSSR count). The Morgan fingerprint density at radius 1 is 0.929 bits per heavy atom. The van der Waals surface area contributed by atoms with Crippen molar-refractivity contribution >= 4 is 21.6 Å². The van der Waals surface area contributed by atoms with E-state index in [1.165, 1.54) is 4.31 Å². The van der Waals surface area contributed by atoms with Crippen LogP contribution in [-0.4, -0.2) is 54.9 Å². The molecule has 1 aliphatic carbocycles. The van der Waals surface area contributed by atoms with Crippen molar-refractivity contribution in [3.05, 3.63) is 46.0 Å². The van der Waals surface area contributed by atoms with Gasteiger partial charge in [0.2, 0.25) is 21.6 Å². The zero-order valence-electron chi connectivity index (χ0n) is 16.2. The fourth-order valence-corrected chi connectivity index (χ4v) is 6.68. The number of hydrogen-bond donors (Lipinski definition) is 0. The van der Waals surface area contributed by atoms with Crippen molar-refractivity contribution in [1.29, 1.82) is 0 Å². The van der Waals surface area contributed by atoms with Crippen LogP contribution in [0.1, 0.15) is 66.2 Å². The summed E-state index contributed by atoms with van der Waals surface area (Å²) in [6.07, 6.45) is 5.03. The molecule has 2 fully saturated rings. The van der Waals surface area contributed by atoms with Gasteiger partial charge < -0.3 is 4.90 Å². The largest absolute Gasteiger partial charge is 0.367 e. The van der Waals surface area contributed by atoms with E-state index in [2.05, 4.69) is 0 Å². The van der Waals surface area contributed by atoms with E-state index in [0.717, 1.165) is 32.1 Å². The van der Waals surface area contributed by atoms with Gasteiger partial charge in [-0.25, -0.2) is 8.42 Å². The Hall–Kier alpha value is -1.99. The molecule has 0 bridgehead atoms. The molecule has 7 heteroatoms. The summed E-state index contributed by atoms with van der Waals surface area (Å²) in [5.41, 5.74) is 0.583. The van der Waals surface area contributed by atoms with Crippen molar-refractivity contribution in [3.63, 3.8) is 0 Å². The molecule has 150 valence electrons. The standard InChI is InChI=1S/C21H26N2O4S/c1-2-15-9-5-6-14-23(15)28(26,27)21-18(22-12-7-8-13-22)19(24)16-10-3-4-11-17(16)20(21)25/h3-4,10-11,15H,2,5-9,12-14H2,1H3. The SMILES string of the molecule is CCC1CCCCN1S(=O)(=O)C1=C(N2CCCC2)C(=O)c2ccccc2C1=O. The number of benzene rings is 1. The molecule has 3 aliphatic rings. The lowest BCUT2D eigenvalue weighted by molar-refractivity contribution is 0.0951. The van der Waals surface area contributed by atoms with Gasteiger partial charge in [0.05, 0.1) is 0 Å². The predicted octanol–water partition coefficient (Wildman–Crippen LogP) is 2.97. The van der Waals surface area contributed by atoms with Crippen molar-refractivity contribution in [3.8, 4) is 0 Å².